The van der Waals surface area contributed by atoms with Gasteiger partial charge in [0.2, 0.25) is 5.91 Å². The number of anilines is 2. The van der Waals surface area contributed by atoms with Gasteiger partial charge in [-0.3, -0.25) is 9.59 Å². The number of hydrogen-bond donors (Lipinski definition) is 2. The molecule has 8 heteroatoms. The summed E-state index contributed by atoms with van der Waals surface area (Å²) < 4.78 is 13.2. The summed E-state index contributed by atoms with van der Waals surface area (Å²) in [5, 5.41) is 5.85. The van der Waals surface area contributed by atoms with E-state index in [4.69, 9.17) is 4.98 Å². The number of nitrogens with one attached hydrogen (secondary N) is 2. The first-order chi connectivity index (χ1) is 19.4. The molecule has 5 aromatic rings. The van der Waals surface area contributed by atoms with Crippen LogP contribution in [0.2, 0.25) is 0 Å². The summed E-state index contributed by atoms with van der Waals surface area (Å²) in [6.07, 6.45) is 0. The van der Waals surface area contributed by atoms with E-state index in [1.165, 1.54) is 52.9 Å². The van der Waals surface area contributed by atoms with E-state index in [0.29, 0.717) is 16.4 Å². The molecule has 0 aliphatic heterocycles. The van der Waals surface area contributed by atoms with Gasteiger partial charge in [-0.2, -0.15) is 0 Å². The third-order valence-corrected chi connectivity index (χ3v) is 8.28. The maximum atomic E-state index is 13.6. The number of thiazole rings is 1. The molecule has 1 aromatic heterocycles. The number of carbonyl (C=O) groups excluding carboxylic acids is 2. The molecule has 200 valence electrons. The molecule has 0 aliphatic carbocycles. The lowest BCUT2D eigenvalue weighted by atomic mass is 10.1. The molecule has 0 fully saturated rings. The monoisotopic (exact) mass is 567 g/mol. The lowest BCUT2D eigenvalue weighted by molar-refractivity contribution is -0.115. The van der Waals surface area contributed by atoms with Gasteiger partial charge in [0.05, 0.1) is 5.69 Å². The van der Waals surface area contributed by atoms with Crippen LogP contribution in [0, 0.1) is 19.7 Å². The Bertz CT molecular complexity index is 1640. The maximum Gasteiger partial charge on any atom is 0.255 e. The first kappa shape index (κ1) is 27.3. The molecule has 5 rings (SSSR count). The summed E-state index contributed by atoms with van der Waals surface area (Å²) in [6, 6.07) is 30.4. The third-order valence-electron chi connectivity index (χ3n) is 6.14. The van der Waals surface area contributed by atoms with Crippen molar-refractivity contribution in [2.24, 2.45) is 0 Å². The van der Waals surface area contributed by atoms with Gasteiger partial charge < -0.3 is 10.6 Å². The predicted octanol–water partition coefficient (Wildman–Crippen LogP) is 8.29. The van der Waals surface area contributed by atoms with Crippen molar-refractivity contribution in [2.75, 3.05) is 10.6 Å². The summed E-state index contributed by atoms with van der Waals surface area (Å²) in [5.41, 5.74) is 4.81. The zero-order valence-electron chi connectivity index (χ0n) is 21.9. The van der Waals surface area contributed by atoms with Gasteiger partial charge in [0.1, 0.15) is 11.1 Å². The second-order valence-corrected chi connectivity index (χ2v) is 11.6. The quantitative estimate of drug-likeness (QED) is 0.185. The second-order valence-electron chi connectivity index (χ2n) is 9.18. The van der Waals surface area contributed by atoms with Gasteiger partial charge in [-0.15, -0.1) is 23.1 Å². The van der Waals surface area contributed by atoms with Crippen LogP contribution in [-0.4, -0.2) is 16.8 Å². The van der Waals surface area contributed by atoms with Gasteiger partial charge >= 0.3 is 0 Å². The molecule has 4 aromatic carbocycles. The van der Waals surface area contributed by atoms with Crippen LogP contribution in [0.1, 0.15) is 31.6 Å². The Morgan fingerprint density at radius 1 is 0.850 bits per heavy atom. The molecule has 0 spiro atoms. The summed E-state index contributed by atoms with van der Waals surface area (Å²) >= 11 is 2.83. The van der Waals surface area contributed by atoms with E-state index < -0.39 is 11.1 Å². The fourth-order valence-electron chi connectivity index (χ4n) is 4.09. The summed E-state index contributed by atoms with van der Waals surface area (Å²) in [6.45, 7) is 4.04. The average molecular weight is 568 g/mol. The topological polar surface area (TPSA) is 71.1 Å². The first-order valence-electron chi connectivity index (χ1n) is 12.6. The number of halogens is 1. The molecule has 2 N–H and O–H groups in total. The Balaban J connectivity index is 1.35. The van der Waals surface area contributed by atoms with Crippen molar-refractivity contribution in [1.29, 1.82) is 0 Å². The van der Waals surface area contributed by atoms with Crippen molar-refractivity contribution in [3.05, 3.63) is 131 Å². The Morgan fingerprint density at radius 3 is 2.30 bits per heavy atom. The fourth-order valence-corrected chi connectivity index (χ4v) is 6.01. The number of nitrogens with zero attached hydrogens (tertiary/aromatic N) is 1. The van der Waals surface area contributed by atoms with E-state index in [2.05, 4.69) is 10.6 Å². The van der Waals surface area contributed by atoms with Crippen LogP contribution in [0.25, 0.3) is 11.3 Å². The van der Waals surface area contributed by atoms with Crippen LogP contribution in [0.3, 0.4) is 0 Å². The average Bonchev–Trinajstić information content (AvgIpc) is 3.32. The van der Waals surface area contributed by atoms with Crippen molar-refractivity contribution in [3.8, 4) is 11.3 Å². The van der Waals surface area contributed by atoms with E-state index in [-0.39, 0.29) is 11.8 Å². The third kappa shape index (κ3) is 6.65. The second kappa shape index (κ2) is 12.3. The number of aryl methyl sites for hydroxylation is 2. The highest BCUT2D eigenvalue weighted by atomic mass is 32.2. The van der Waals surface area contributed by atoms with Gasteiger partial charge in [-0.25, -0.2) is 9.37 Å². The van der Waals surface area contributed by atoms with E-state index in [9.17, 15) is 14.0 Å². The van der Waals surface area contributed by atoms with Gasteiger partial charge in [-0.05, 0) is 61.9 Å². The van der Waals surface area contributed by atoms with Crippen LogP contribution < -0.4 is 10.6 Å². The van der Waals surface area contributed by atoms with Crippen molar-refractivity contribution < 1.29 is 14.0 Å². The molecule has 0 aliphatic rings. The molecule has 0 saturated heterocycles. The molecule has 0 saturated carbocycles. The van der Waals surface area contributed by atoms with Crippen molar-refractivity contribution in [2.45, 2.75) is 24.0 Å². The van der Waals surface area contributed by atoms with Gasteiger partial charge in [0, 0.05) is 26.6 Å². The van der Waals surface area contributed by atoms with Crippen LogP contribution in [0.4, 0.5) is 15.2 Å². The van der Waals surface area contributed by atoms with Gasteiger partial charge in [-0.1, -0.05) is 66.2 Å². The fraction of sp³-hybridized carbons (Fsp3) is 0.0938. The highest BCUT2D eigenvalue weighted by molar-refractivity contribution is 8.00. The molecule has 1 atom stereocenters. The number of amides is 2. The smallest absolute Gasteiger partial charge is 0.255 e. The zero-order chi connectivity index (χ0) is 28.1. The van der Waals surface area contributed by atoms with Crippen molar-refractivity contribution >= 4 is 45.7 Å². The molecule has 40 heavy (non-hydrogen) atoms. The minimum absolute atomic E-state index is 0.193. The van der Waals surface area contributed by atoms with Crippen LogP contribution in [0.5, 0.6) is 0 Å². The molecular weight excluding hydrogens is 542 g/mol. The number of aromatic nitrogens is 1. The Hall–Kier alpha value is -4.27. The Kier molecular flexibility index (Phi) is 8.38. The molecular formula is C32H26FN3O2S2. The van der Waals surface area contributed by atoms with E-state index in [1.807, 2.05) is 86.6 Å². The zero-order valence-corrected chi connectivity index (χ0v) is 23.5. The number of benzene rings is 4. The Morgan fingerprint density at radius 2 is 1.57 bits per heavy atom. The van der Waals surface area contributed by atoms with Crippen LogP contribution in [-0.2, 0) is 4.79 Å². The highest BCUT2D eigenvalue weighted by Gasteiger charge is 2.24. The maximum absolute atomic E-state index is 13.6. The molecule has 0 bridgehead atoms. The molecule has 2 amide bonds. The minimum atomic E-state index is -0.559. The van der Waals surface area contributed by atoms with Crippen LogP contribution >= 0.6 is 23.1 Å². The van der Waals surface area contributed by atoms with E-state index >= 15 is 0 Å². The largest absolute Gasteiger partial charge is 0.322 e. The standard InChI is InChI=1S/C32H26FN3O2S2/c1-20-11-13-22(14-12-20)28-21(2)39-32(35-28)36-31(38)29(23-7-4-3-5-8-23)40-27-10-6-9-26(19-27)34-30(37)24-15-17-25(33)18-16-24/h3-19,29H,1-2H3,(H,34,37)(H,35,36,38). The molecule has 0 radical (unpaired) electrons. The number of rotatable bonds is 8. The molecule has 5 nitrogen and oxygen atoms in total. The summed E-state index contributed by atoms with van der Waals surface area (Å²) in [5.74, 6) is -0.941. The van der Waals surface area contributed by atoms with Crippen molar-refractivity contribution in [1.82, 2.24) is 4.98 Å². The van der Waals surface area contributed by atoms with Gasteiger partial charge in [0.15, 0.2) is 5.13 Å². The Labute approximate surface area is 240 Å². The number of carbonyl (C=O) groups is 2. The highest BCUT2D eigenvalue weighted by Crippen LogP contribution is 2.38. The predicted molar refractivity (Wildman–Crippen MR) is 161 cm³/mol. The van der Waals surface area contributed by atoms with E-state index in [1.54, 1.807) is 6.07 Å². The van der Waals surface area contributed by atoms with Crippen LogP contribution in [0.15, 0.2) is 108 Å². The lowest BCUT2D eigenvalue weighted by Gasteiger charge is -2.17. The minimum Gasteiger partial charge on any atom is -0.322 e. The van der Waals surface area contributed by atoms with Gasteiger partial charge in [0.25, 0.3) is 5.91 Å². The van der Waals surface area contributed by atoms with E-state index in [0.717, 1.165) is 26.6 Å². The summed E-state index contributed by atoms with van der Waals surface area (Å²) in [7, 11) is 0. The number of hydrogen-bond acceptors (Lipinski definition) is 5. The molecule has 1 unspecified atom stereocenters. The molecule has 1 heterocycles. The normalized spacial score (nSPS) is 11.6. The summed E-state index contributed by atoms with van der Waals surface area (Å²) in [4.78, 5) is 32.8. The van der Waals surface area contributed by atoms with Crippen molar-refractivity contribution in [3.63, 3.8) is 0 Å². The first-order valence-corrected chi connectivity index (χ1v) is 14.3. The number of thioether (sulfide) groups is 1. The lowest BCUT2D eigenvalue weighted by Crippen LogP contribution is -2.19. The SMILES string of the molecule is Cc1ccc(-c2nc(NC(=O)C(Sc3cccc(NC(=O)c4ccc(F)cc4)c3)c3ccccc3)sc2C)cc1.